The van der Waals surface area contributed by atoms with Gasteiger partial charge in [-0.3, -0.25) is 0 Å². The predicted octanol–water partition coefficient (Wildman–Crippen LogP) is 2.31. The molecular formula is C13H14N2OS. The quantitative estimate of drug-likeness (QED) is 0.873. The Hall–Kier alpha value is -1.39. The van der Waals surface area contributed by atoms with Crippen molar-refractivity contribution in [2.75, 3.05) is 18.5 Å². The normalized spacial score (nSPS) is 13.5. The fourth-order valence-corrected chi connectivity index (χ4v) is 2.96. The van der Waals surface area contributed by atoms with Crippen molar-refractivity contribution in [1.82, 2.24) is 4.98 Å². The van der Waals surface area contributed by atoms with Crippen molar-refractivity contribution >= 4 is 17.0 Å². The van der Waals surface area contributed by atoms with Gasteiger partial charge in [-0.05, 0) is 30.2 Å². The molecule has 0 unspecified atom stereocenters. The van der Waals surface area contributed by atoms with Crippen molar-refractivity contribution in [3.63, 3.8) is 0 Å². The van der Waals surface area contributed by atoms with Crippen LogP contribution in [0.1, 0.15) is 11.3 Å². The summed E-state index contributed by atoms with van der Waals surface area (Å²) in [7, 11) is 0. The Balaban J connectivity index is 1.92. The van der Waals surface area contributed by atoms with Gasteiger partial charge in [0.15, 0.2) is 0 Å². The highest BCUT2D eigenvalue weighted by molar-refractivity contribution is 7.13. The summed E-state index contributed by atoms with van der Waals surface area (Å²) in [4.78, 5) is 4.53. The number of nitrogens with zero attached hydrogens (tertiary/aromatic N) is 1. The molecule has 0 bridgehead atoms. The van der Waals surface area contributed by atoms with Gasteiger partial charge < -0.3 is 10.4 Å². The Kier molecular flexibility index (Phi) is 2.82. The lowest BCUT2D eigenvalue weighted by Crippen LogP contribution is -1.90. The minimum absolute atomic E-state index is 0.164. The maximum absolute atomic E-state index is 8.88. The lowest BCUT2D eigenvalue weighted by Gasteiger charge is -2.01. The maximum atomic E-state index is 8.88. The number of aliphatic hydroxyl groups excluding tert-OH is 1. The van der Waals surface area contributed by atoms with E-state index in [0.29, 0.717) is 6.42 Å². The van der Waals surface area contributed by atoms with E-state index in [1.54, 1.807) is 11.3 Å². The van der Waals surface area contributed by atoms with E-state index < -0.39 is 0 Å². The van der Waals surface area contributed by atoms with Crippen LogP contribution >= 0.6 is 11.3 Å². The van der Waals surface area contributed by atoms with Gasteiger partial charge in [0, 0.05) is 36.2 Å². The summed E-state index contributed by atoms with van der Waals surface area (Å²) in [6, 6.07) is 6.46. The molecule has 0 spiro atoms. The van der Waals surface area contributed by atoms with Crippen LogP contribution in [-0.4, -0.2) is 23.2 Å². The van der Waals surface area contributed by atoms with E-state index in [1.165, 1.54) is 16.8 Å². The second-order valence-corrected chi connectivity index (χ2v) is 5.02. The SMILES string of the molecule is OCCc1csc(-c2ccc3c(c2)CCN3)n1. The Labute approximate surface area is 104 Å². The first kappa shape index (κ1) is 10.7. The topological polar surface area (TPSA) is 45.1 Å². The zero-order chi connectivity index (χ0) is 11.7. The molecule has 17 heavy (non-hydrogen) atoms. The fourth-order valence-electron chi connectivity index (χ4n) is 2.11. The zero-order valence-electron chi connectivity index (χ0n) is 9.44. The van der Waals surface area contributed by atoms with E-state index in [2.05, 4.69) is 28.5 Å². The highest BCUT2D eigenvalue weighted by Gasteiger charge is 2.12. The van der Waals surface area contributed by atoms with Crippen molar-refractivity contribution in [2.45, 2.75) is 12.8 Å². The standard InChI is InChI=1S/C13H14N2OS/c16-6-4-11-8-17-13(15-11)10-1-2-12-9(7-10)3-5-14-12/h1-2,7-8,14,16H,3-6H2. The number of aromatic nitrogens is 1. The van der Waals surface area contributed by atoms with Crippen LogP contribution in [0.2, 0.25) is 0 Å². The van der Waals surface area contributed by atoms with Gasteiger partial charge in [0.25, 0.3) is 0 Å². The first-order valence-corrected chi connectivity index (χ1v) is 6.67. The average Bonchev–Trinajstić information content (AvgIpc) is 2.96. The van der Waals surface area contributed by atoms with Crippen molar-refractivity contribution in [3.8, 4) is 10.6 Å². The fraction of sp³-hybridized carbons (Fsp3) is 0.308. The molecule has 1 aromatic carbocycles. The summed E-state index contributed by atoms with van der Waals surface area (Å²) in [5.41, 5.74) is 4.79. The smallest absolute Gasteiger partial charge is 0.123 e. The van der Waals surface area contributed by atoms with Crippen LogP contribution < -0.4 is 5.32 Å². The van der Waals surface area contributed by atoms with E-state index in [9.17, 15) is 0 Å². The Morgan fingerprint density at radius 1 is 1.41 bits per heavy atom. The molecule has 0 atom stereocenters. The lowest BCUT2D eigenvalue weighted by atomic mass is 10.1. The summed E-state index contributed by atoms with van der Waals surface area (Å²) in [5.74, 6) is 0. The number of rotatable bonds is 3. The number of hydrogen-bond donors (Lipinski definition) is 2. The van der Waals surface area contributed by atoms with Gasteiger partial charge >= 0.3 is 0 Å². The molecule has 88 valence electrons. The number of hydrogen-bond acceptors (Lipinski definition) is 4. The van der Waals surface area contributed by atoms with Gasteiger partial charge in [-0.2, -0.15) is 0 Å². The van der Waals surface area contributed by atoms with E-state index in [4.69, 9.17) is 5.11 Å². The van der Waals surface area contributed by atoms with Crippen LogP contribution in [-0.2, 0) is 12.8 Å². The third kappa shape index (κ3) is 2.06. The Morgan fingerprint density at radius 2 is 2.35 bits per heavy atom. The van der Waals surface area contributed by atoms with Crippen LogP contribution in [0, 0.1) is 0 Å². The van der Waals surface area contributed by atoms with Crippen LogP contribution in [0.15, 0.2) is 23.6 Å². The van der Waals surface area contributed by atoms with Crippen LogP contribution in [0.3, 0.4) is 0 Å². The average molecular weight is 246 g/mol. The molecule has 1 aromatic heterocycles. The largest absolute Gasteiger partial charge is 0.396 e. The van der Waals surface area contributed by atoms with Crippen molar-refractivity contribution in [1.29, 1.82) is 0 Å². The monoisotopic (exact) mass is 246 g/mol. The molecule has 0 saturated heterocycles. The summed E-state index contributed by atoms with van der Waals surface area (Å²) < 4.78 is 0. The summed E-state index contributed by atoms with van der Waals surface area (Å²) >= 11 is 1.65. The van der Waals surface area contributed by atoms with Gasteiger partial charge in [0.2, 0.25) is 0 Å². The number of fused-ring (bicyclic) bond motifs is 1. The molecule has 3 rings (SSSR count). The van der Waals surface area contributed by atoms with Crippen LogP contribution in [0.4, 0.5) is 5.69 Å². The molecule has 0 amide bonds. The third-order valence-corrected chi connectivity index (χ3v) is 3.92. The summed E-state index contributed by atoms with van der Waals surface area (Å²) in [5, 5.41) is 15.3. The molecule has 0 fully saturated rings. The Bertz CT molecular complexity index is 536. The van der Waals surface area contributed by atoms with Crippen molar-refractivity contribution in [3.05, 3.63) is 34.8 Å². The van der Waals surface area contributed by atoms with Gasteiger partial charge in [0.05, 0.1) is 5.69 Å². The number of thiazole rings is 1. The third-order valence-electron chi connectivity index (χ3n) is 2.98. The molecule has 0 aliphatic carbocycles. The minimum atomic E-state index is 0.164. The van der Waals surface area contributed by atoms with E-state index in [1.807, 2.05) is 5.38 Å². The molecule has 2 N–H and O–H groups in total. The highest BCUT2D eigenvalue weighted by atomic mass is 32.1. The first-order chi connectivity index (χ1) is 8.36. The zero-order valence-corrected chi connectivity index (χ0v) is 10.3. The molecule has 1 aliphatic heterocycles. The number of nitrogens with one attached hydrogen (secondary N) is 1. The molecule has 1 aliphatic rings. The number of anilines is 1. The first-order valence-electron chi connectivity index (χ1n) is 5.79. The second kappa shape index (κ2) is 4.47. The van der Waals surface area contributed by atoms with Gasteiger partial charge in [-0.25, -0.2) is 4.98 Å². The van der Waals surface area contributed by atoms with E-state index >= 15 is 0 Å². The number of benzene rings is 1. The minimum Gasteiger partial charge on any atom is -0.396 e. The van der Waals surface area contributed by atoms with Crippen LogP contribution in [0.5, 0.6) is 0 Å². The van der Waals surface area contributed by atoms with Gasteiger partial charge in [-0.15, -0.1) is 11.3 Å². The molecule has 3 nitrogen and oxygen atoms in total. The second-order valence-electron chi connectivity index (χ2n) is 4.17. The molecule has 2 heterocycles. The van der Waals surface area contributed by atoms with Crippen molar-refractivity contribution < 1.29 is 5.11 Å². The van der Waals surface area contributed by atoms with Crippen molar-refractivity contribution in [2.24, 2.45) is 0 Å². The van der Waals surface area contributed by atoms with Crippen LogP contribution in [0.25, 0.3) is 10.6 Å². The lowest BCUT2D eigenvalue weighted by molar-refractivity contribution is 0.298. The molecule has 0 saturated carbocycles. The molecule has 0 radical (unpaired) electrons. The van der Waals surface area contributed by atoms with E-state index in [0.717, 1.165) is 23.7 Å². The molecule has 2 aromatic rings. The van der Waals surface area contributed by atoms with Gasteiger partial charge in [-0.1, -0.05) is 0 Å². The molecular weight excluding hydrogens is 232 g/mol. The highest BCUT2D eigenvalue weighted by Crippen LogP contribution is 2.30. The van der Waals surface area contributed by atoms with E-state index in [-0.39, 0.29) is 6.61 Å². The summed E-state index contributed by atoms with van der Waals surface area (Å²) in [6.45, 7) is 1.20. The summed E-state index contributed by atoms with van der Waals surface area (Å²) in [6.07, 6.45) is 1.74. The maximum Gasteiger partial charge on any atom is 0.123 e. The van der Waals surface area contributed by atoms with Gasteiger partial charge in [0.1, 0.15) is 5.01 Å². The predicted molar refractivity (Wildman–Crippen MR) is 70.5 cm³/mol. The molecule has 4 heteroatoms. The Morgan fingerprint density at radius 3 is 3.24 bits per heavy atom. The number of aliphatic hydroxyl groups is 1.